The molecule has 0 spiro atoms. The molecule has 4 nitrogen and oxygen atoms in total. The molecule has 2 N–H and O–H groups in total. The van der Waals surface area contributed by atoms with Crippen molar-refractivity contribution in [2.45, 2.75) is 13.0 Å². The van der Waals surface area contributed by atoms with Crippen molar-refractivity contribution >= 4 is 22.7 Å². The summed E-state index contributed by atoms with van der Waals surface area (Å²) in [4.78, 5) is 11.9. The highest BCUT2D eigenvalue weighted by molar-refractivity contribution is 5.89. The summed E-state index contributed by atoms with van der Waals surface area (Å²) < 4.78 is 19.2. The summed E-state index contributed by atoms with van der Waals surface area (Å²) in [5.41, 5.74) is 0.900. The van der Waals surface area contributed by atoms with Gasteiger partial charge in [0, 0.05) is 5.39 Å². The number of nitrogens with one attached hydrogen (secondary N) is 2. The van der Waals surface area contributed by atoms with Crippen molar-refractivity contribution in [3.63, 3.8) is 0 Å². The molecule has 5 heteroatoms. The van der Waals surface area contributed by atoms with Crippen molar-refractivity contribution < 1.29 is 13.6 Å². The molecule has 0 bridgehead atoms. The number of benzene rings is 2. The Morgan fingerprint density at radius 2 is 1.86 bits per heavy atom. The van der Waals surface area contributed by atoms with E-state index in [1.54, 1.807) is 19.1 Å². The second-order valence-corrected chi connectivity index (χ2v) is 4.99. The molecule has 0 aliphatic rings. The van der Waals surface area contributed by atoms with Gasteiger partial charge in [0.05, 0.1) is 11.7 Å². The molecule has 0 fully saturated rings. The quantitative estimate of drug-likeness (QED) is 0.750. The predicted octanol–water partition coefficient (Wildman–Crippen LogP) is 4.45. The van der Waals surface area contributed by atoms with Gasteiger partial charge in [-0.25, -0.2) is 9.18 Å². The minimum Gasteiger partial charge on any atom is -0.459 e. The van der Waals surface area contributed by atoms with Crippen LogP contribution in [0.4, 0.5) is 14.9 Å². The minimum atomic E-state index is -0.488. The zero-order chi connectivity index (χ0) is 15.5. The lowest BCUT2D eigenvalue weighted by Crippen LogP contribution is -2.31. The SMILES string of the molecule is CC(NC(=O)Nc1ccccc1F)c1cc2ccccc2o1. The van der Waals surface area contributed by atoms with E-state index in [-0.39, 0.29) is 11.7 Å². The van der Waals surface area contributed by atoms with Crippen LogP contribution in [0.25, 0.3) is 11.0 Å². The molecule has 1 heterocycles. The van der Waals surface area contributed by atoms with Crippen molar-refractivity contribution in [1.82, 2.24) is 5.32 Å². The molecule has 0 saturated heterocycles. The van der Waals surface area contributed by atoms with Crippen LogP contribution in [0.1, 0.15) is 18.7 Å². The van der Waals surface area contributed by atoms with Crippen molar-refractivity contribution in [1.29, 1.82) is 0 Å². The molecule has 1 atom stereocenters. The molecule has 1 aromatic heterocycles. The van der Waals surface area contributed by atoms with Gasteiger partial charge in [-0.1, -0.05) is 30.3 Å². The summed E-state index contributed by atoms with van der Waals surface area (Å²) in [7, 11) is 0. The van der Waals surface area contributed by atoms with Gasteiger partial charge < -0.3 is 15.1 Å². The Hall–Kier alpha value is -2.82. The van der Waals surface area contributed by atoms with Crippen LogP contribution in [0.5, 0.6) is 0 Å². The molecule has 0 aliphatic carbocycles. The molecule has 0 radical (unpaired) electrons. The molecule has 0 aliphatic heterocycles. The fourth-order valence-corrected chi connectivity index (χ4v) is 2.20. The number of furan rings is 1. The summed E-state index contributed by atoms with van der Waals surface area (Å²) >= 11 is 0. The summed E-state index contributed by atoms with van der Waals surface area (Å²) in [5, 5.41) is 6.17. The van der Waals surface area contributed by atoms with E-state index in [0.717, 1.165) is 11.0 Å². The van der Waals surface area contributed by atoms with E-state index in [1.165, 1.54) is 12.1 Å². The Morgan fingerprint density at radius 3 is 2.64 bits per heavy atom. The van der Waals surface area contributed by atoms with E-state index in [2.05, 4.69) is 10.6 Å². The topological polar surface area (TPSA) is 54.3 Å². The Labute approximate surface area is 126 Å². The number of anilines is 1. The monoisotopic (exact) mass is 298 g/mol. The van der Waals surface area contributed by atoms with Crippen LogP contribution in [-0.4, -0.2) is 6.03 Å². The van der Waals surface area contributed by atoms with Crippen LogP contribution < -0.4 is 10.6 Å². The van der Waals surface area contributed by atoms with Crippen LogP contribution in [0.3, 0.4) is 0 Å². The van der Waals surface area contributed by atoms with Crippen LogP contribution in [0, 0.1) is 5.82 Å². The van der Waals surface area contributed by atoms with E-state index in [1.807, 2.05) is 30.3 Å². The van der Waals surface area contributed by atoms with Gasteiger partial charge in [-0.3, -0.25) is 0 Å². The maximum atomic E-state index is 13.5. The van der Waals surface area contributed by atoms with Gasteiger partial charge in [0.2, 0.25) is 0 Å². The molecule has 112 valence electrons. The van der Waals surface area contributed by atoms with Crippen molar-refractivity contribution in [3.05, 3.63) is 66.2 Å². The molecule has 0 saturated carbocycles. The largest absolute Gasteiger partial charge is 0.459 e. The van der Waals surface area contributed by atoms with E-state index in [4.69, 9.17) is 4.42 Å². The van der Waals surface area contributed by atoms with Gasteiger partial charge in [-0.05, 0) is 31.2 Å². The normalized spacial score (nSPS) is 12.1. The number of hydrogen-bond donors (Lipinski definition) is 2. The molecular weight excluding hydrogens is 283 g/mol. The van der Waals surface area contributed by atoms with E-state index < -0.39 is 11.8 Å². The summed E-state index contributed by atoms with van der Waals surface area (Å²) in [6, 6.07) is 14.7. The highest BCUT2D eigenvalue weighted by atomic mass is 19.1. The third-order valence-corrected chi connectivity index (χ3v) is 3.34. The number of carbonyl (C=O) groups is 1. The van der Waals surface area contributed by atoms with E-state index in [9.17, 15) is 9.18 Å². The first-order chi connectivity index (χ1) is 10.6. The molecule has 1 unspecified atom stereocenters. The lowest BCUT2D eigenvalue weighted by atomic mass is 10.2. The van der Waals surface area contributed by atoms with Crippen molar-refractivity contribution in [3.8, 4) is 0 Å². The Morgan fingerprint density at radius 1 is 1.14 bits per heavy atom. The average molecular weight is 298 g/mol. The highest BCUT2D eigenvalue weighted by Gasteiger charge is 2.14. The van der Waals surface area contributed by atoms with Gasteiger partial charge in [0.25, 0.3) is 0 Å². The lowest BCUT2D eigenvalue weighted by Gasteiger charge is -2.12. The smallest absolute Gasteiger partial charge is 0.319 e. The Balaban J connectivity index is 1.69. The second kappa shape index (κ2) is 5.89. The predicted molar refractivity (Wildman–Crippen MR) is 83.2 cm³/mol. The maximum Gasteiger partial charge on any atom is 0.319 e. The fourth-order valence-electron chi connectivity index (χ4n) is 2.20. The number of fused-ring (bicyclic) bond motifs is 1. The van der Waals surface area contributed by atoms with Gasteiger partial charge in [0.15, 0.2) is 0 Å². The average Bonchev–Trinajstić information content (AvgIpc) is 2.93. The molecule has 22 heavy (non-hydrogen) atoms. The third-order valence-electron chi connectivity index (χ3n) is 3.34. The van der Waals surface area contributed by atoms with Gasteiger partial charge >= 0.3 is 6.03 Å². The van der Waals surface area contributed by atoms with Crippen LogP contribution in [-0.2, 0) is 0 Å². The summed E-state index contributed by atoms with van der Waals surface area (Å²) in [5.74, 6) is 0.166. The van der Waals surface area contributed by atoms with Crippen LogP contribution in [0.15, 0.2) is 59.0 Å². The molecular formula is C17H15FN2O2. The lowest BCUT2D eigenvalue weighted by molar-refractivity contribution is 0.247. The zero-order valence-corrected chi connectivity index (χ0v) is 12.0. The van der Waals surface area contributed by atoms with E-state index in [0.29, 0.717) is 5.76 Å². The standard InChI is InChI=1S/C17H15FN2O2/c1-11(16-10-12-6-2-5-9-15(12)22-16)19-17(21)20-14-8-4-3-7-13(14)18/h2-11H,1H3,(H2,19,20,21). The highest BCUT2D eigenvalue weighted by Crippen LogP contribution is 2.23. The first-order valence-electron chi connectivity index (χ1n) is 6.94. The van der Waals surface area contributed by atoms with Crippen molar-refractivity contribution in [2.75, 3.05) is 5.32 Å². The van der Waals surface area contributed by atoms with Crippen LogP contribution in [0.2, 0.25) is 0 Å². The molecule has 2 aromatic carbocycles. The van der Waals surface area contributed by atoms with Crippen molar-refractivity contribution in [2.24, 2.45) is 0 Å². The maximum absolute atomic E-state index is 13.5. The zero-order valence-electron chi connectivity index (χ0n) is 12.0. The molecule has 2 amide bonds. The number of carbonyl (C=O) groups excluding carboxylic acids is 1. The van der Waals surface area contributed by atoms with Crippen LogP contribution >= 0.6 is 0 Å². The van der Waals surface area contributed by atoms with Gasteiger partial charge in [-0.2, -0.15) is 0 Å². The number of amides is 2. The number of rotatable bonds is 3. The summed E-state index contributed by atoms with van der Waals surface area (Å²) in [6.45, 7) is 1.80. The first kappa shape index (κ1) is 14.1. The molecule has 3 aromatic rings. The number of hydrogen-bond acceptors (Lipinski definition) is 2. The minimum absolute atomic E-state index is 0.136. The van der Waals surface area contributed by atoms with E-state index >= 15 is 0 Å². The third kappa shape index (κ3) is 2.93. The Kier molecular flexibility index (Phi) is 3.78. The first-order valence-corrected chi connectivity index (χ1v) is 6.94. The molecule has 3 rings (SSSR count). The Bertz CT molecular complexity index is 780. The fraction of sp³-hybridized carbons (Fsp3) is 0.118. The second-order valence-electron chi connectivity index (χ2n) is 4.99. The number of urea groups is 1. The van der Waals surface area contributed by atoms with Gasteiger partial charge in [-0.15, -0.1) is 0 Å². The summed E-state index contributed by atoms with van der Waals surface area (Å²) in [6.07, 6.45) is 0. The number of para-hydroxylation sites is 2. The number of halogens is 1. The van der Waals surface area contributed by atoms with Gasteiger partial charge in [0.1, 0.15) is 17.2 Å².